The van der Waals surface area contributed by atoms with Crippen LogP contribution in [0.15, 0.2) is 48.5 Å². The quantitative estimate of drug-likeness (QED) is 0.589. The number of aromatic carboxylic acids is 1. The molecule has 0 aliphatic rings. The van der Waals surface area contributed by atoms with Gasteiger partial charge in [-0.1, -0.05) is 18.2 Å². The van der Waals surface area contributed by atoms with E-state index in [9.17, 15) is 14.4 Å². The number of carbonyl (C=O) groups excluding carboxylic acids is 2. The number of hydrogen-bond donors (Lipinski definition) is 3. The van der Waals surface area contributed by atoms with Gasteiger partial charge in [-0.2, -0.15) is 0 Å². The third-order valence-corrected chi connectivity index (χ3v) is 3.74. The van der Waals surface area contributed by atoms with E-state index in [4.69, 9.17) is 9.84 Å². The van der Waals surface area contributed by atoms with E-state index in [2.05, 4.69) is 10.6 Å². The van der Waals surface area contributed by atoms with Crippen molar-refractivity contribution in [1.29, 1.82) is 0 Å². The molecular formula is C20H22N2O5. The molecule has 0 aliphatic heterocycles. The lowest BCUT2D eigenvalue weighted by Crippen LogP contribution is -2.25. The third kappa shape index (κ3) is 6.56. The summed E-state index contributed by atoms with van der Waals surface area (Å²) in [5.41, 5.74) is 1.70. The Morgan fingerprint density at radius 2 is 1.78 bits per heavy atom. The fourth-order valence-corrected chi connectivity index (χ4v) is 2.50. The largest absolute Gasteiger partial charge is 0.478 e. The van der Waals surface area contributed by atoms with Crippen molar-refractivity contribution in [2.45, 2.75) is 19.4 Å². The topological polar surface area (TPSA) is 105 Å². The lowest BCUT2D eigenvalue weighted by molar-refractivity contribution is -0.116. The van der Waals surface area contributed by atoms with E-state index in [1.54, 1.807) is 30.3 Å². The van der Waals surface area contributed by atoms with Gasteiger partial charge in [-0.05, 0) is 42.3 Å². The Balaban J connectivity index is 1.83. The Hall–Kier alpha value is -3.19. The molecule has 0 unspecified atom stereocenters. The zero-order valence-electron chi connectivity index (χ0n) is 15.0. The van der Waals surface area contributed by atoms with Crippen LogP contribution in [0.3, 0.4) is 0 Å². The van der Waals surface area contributed by atoms with Crippen molar-refractivity contribution >= 4 is 23.5 Å². The van der Waals surface area contributed by atoms with Crippen LogP contribution in [0.5, 0.6) is 0 Å². The number of ether oxygens (including phenoxy) is 1. The van der Waals surface area contributed by atoms with Crippen LogP contribution in [0, 0.1) is 0 Å². The van der Waals surface area contributed by atoms with Crippen molar-refractivity contribution in [1.82, 2.24) is 5.32 Å². The van der Waals surface area contributed by atoms with E-state index in [1.165, 1.54) is 19.2 Å². The van der Waals surface area contributed by atoms with Gasteiger partial charge in [0.2, 0.25) is 5.91 Å². The molecule has 7 heteroatoms. The highest BCUT2D eigenvalue weighted by Crippen LogP contribution is 2.16. The molecule has 2 rings (SSSR count). The third-order valence-electron chi connectivity index (χ3n) is 3.74. The second-order valence-electron chi connectivity index (χ2n) is 5.93. The van der Waals surface area contributed by atoms with Gasteiger partial charge in [0.1, 0.15) is 0 Å². The Kier molecular flexibility index (Phi) is 7.51. The summed E-state index contributed by atoms with van der Waals surface area (Å²) in [5.74, 6) is -1.52. The molecule has 0 radical (unpaired) electrons. The van der Waals surface area contributed by atoms with Crippen LogP contribution in [0.4, 0.5) is 5.69 Å². The van der Waals surface area contributed by atoms with E-state index in [0.717, 1.165) is 0 Å². The van der Waals surface area contributed by atoms with Crippen molar-refractivity contribution in [2.24, 2.45) is 0 Å². The maximum Gasteiger partial charge on any atom is 0.335 e. The van der Waals surface area contributed by atoms with E-state index in [1.807, 2.05) is 6.07 Å². The first kappa shape index (κ1) is 20.1. The molecule has 2 amide bonds. The van der Waals surface area contributed by atoms with Crippen molar-refractivity contribution < 1.29 is 24.2 Å². The lowest BCUT2D eigenvalue weighted by atomic mass is 10.1. The normalized spacial score (nSPS) is 10.3. The maximum absolute atomic E-state index is 12.1. The van der Waals surface area contributed by atoms with Gasteiger partial charge in [-0.3, -0.25) is 9.59 Å². The predicted molar refractivity (Wildman–Crippen MR) is 101 cm³/mol. The Morgan fingerprint density at radius 3 is 2.44 bits per heavy atom. The zero-order valence-corrected chi connectivity index (χ0v) is 15.0. The van der Waals surface area contributed by atoms with Crippen molar-refractivity contribution in [2.75, 3.05) is 19.0 Å². The fraction of sp³-hybridized carbons (Fsp3) is 0.250. The van der Waals surface area contributed by atoms with E-state index in [-0.39, 0.29) is 30.4 Å². The number of anilines is 1. The molecule has 0 spiro atoms. The fourth-order valence-electron chi connectivity index (χ4n) is 2.50. The number of rotatable bonds is 9. The van der Waals surface area contributed by atoms with Crippen molar-refractivity contribution in [3.63, 3.8) is 0 Å². The minimum Gasteiger partial charge on any atom is -0.478 e. The predicted octanol–water partition coefficient (Wildman–Crippen LogP) is 2.68. The average molecular weight is 370 g/mol. The number of carbonyl (C=O) groups is 3. The summed E-state index contributed by atoms with van der Waals surface area (Å²) >= 11 is 0. The lowest BCUT2D eigenvalue weighted by Gasteiger charge is -2.10. The number of hydrogen-bond acceptors (Lipinski definition) is 4. The Morgan fingerprint density at radius 1 is 1.04 bits per heavy atom. The van der Waals surface area contributed by atoms with Crippen LogP contribution in [0.2, 0.25) is 0 Å². The monoisotopic (exact) mass is 370 g/mol. The van der Waals surface area contributed by atoms with Crippen molar-refractivity contribution in [3.05, 3.63) is 65.2 Å². The minimum atomic E-state index is -1.08. The van der Waals surface area contributed by atoms with Crippen LogP contribution < -0.4 is 10.6 Å². The number of carboxylic acids is 1. The summed E-state index contributed by atoms with van der Waals surface area (Å²) in [6.07, 6.45) is 0.667. The molecule has 3 N–H and O–H groups in total. The Labute approximate surface area is 157 Å². The molecule has 2 aromatic rings. The number of methoxy groups -OCH3 is 1. The van der Waals surface area contributed by atoms with Gasteiger partial charge in [-0.25, -0.2) is 4.79 Å². The summed E-state index contributed by atoms with van der Waals surface area (Å²) in [6.45, 7) is 0.612. The van der Waals surface area contributed by atoms with Gasteiger partial charge >= 0.3 is 5.97 Å². The molecule has 0 fully saturated rings. The second-order valence-corrected chi connectivity index (χ2v) is 5.93. The SMILES string of the molecule is COCc1cc(NC(=O)CCCNC(=O)c2ccccc2)cc(C(=O)O)c1. The number of carboxylic acid groups (broad SMARTS) is 1. The summed E-state index contributed by atoms with van der Waals surface area (Å²) in [4.78, 5) is 35.2. The first-order chi connectivity index (χ1) is 13.0. The van der Waals surface area contributed by atoms with Crippen LogP contribution in [0.1, 0.15) is 39.1 Å². The molecule has 0 aromatic heterocycles. The summed E-state index contributed by atoms with van der Waals surface area (Å²) in [5, 5.41) is 14.6. The summed E-state index contributed by atoms with van der Waals surface area (Å²) in [6, 6.07) is 13.4. The number of nitrogens with one attached hydrogen (secondary N) is 2. The van der Waals surface area contributed by atoms with E-state index < -0.39 is 5.97 Å². The molecule has 0 heterocycles. The maximum atomic E-state index is 12.1. The molecule has 0 aliphatic carbocycles. The summed E-state index contributed by atoms with van der Waals surface area (Å²) in [7, 11) is 1.51. The molecule has 0 saturated carbocycles. The number of benzene rings is 2. The highest BCUT2D eigenvalue weighted by Gasteiger charge is 2.10. The first-order valence-electron chi connectivity index (χ1n) is 8.49. The van der Waals surface area contributed by atoms with Crippen LogP contribution in [-0.4, -0.2) is 36.5 Å². The molecule has 2 aromatic carbocycles. The molecule has 7 nitrogen and oxygen atoms in total. The van der Waals surface area contributed by atoms with Crippen molar-refractivity contribution in [3.8, 4) is 0 Å². The van der Waals surface area contributed by atoms with Crippen LogP contribution >= 0.6 is 0 Å². The molecule has 0 saturated heterocycles. The van der Waals surface area contributed by atoms with Gasteiger partial charge in [-0.15, -0.1) is 0 Å². The molecule has 0 bridgehead atoms. The highest BCUT2D eigenvalue weighted by molar-refractivity contribution is 5.95. The van der Waals surface area contributed by atoms with E-state index >= 15 is 0 Å². The summed E-state index contributed by atoms with van der Waals surface area (Å²) < 4.78 is 5.02. The zero-order chi connectivity index (χ0) is 19.6. The average Bonchev–Trinajstić information content (AvgIpc) is 2.65. The van der Waals surface area contributed by atoms with Gasteiger partial charge in [0.25, 0.3) is 5.91 Å². The van der Waals surface area contributed by atoms with Gasteiger partial charge in [0.15, 0.2) is 0 Å². The van der Waals surface area contributed by atoms with Gasteiger partial charge < -0.3 is 20.5 Å². The minimum absolute atomic E-state index is 0.0787. The molecular weight excluding hydrogens is 348 g/mol. The van der Waals surface area contributed by atoms with Crippen LogP contribution in [0.25, 0.3) is 0 Å². The Bertz CT molecular complexity index is 805. The first-order valence-corrected chi connectivity index (χ1v) is 8.49. The smallest absolute Gasteiger partial charge is 0.335 e. The molecule has 142 valence electrons. The highest BCUT2D eigenvalue weighted by atomic mass is 16.5. The van der Waals surface area contributed by atoms with Crippen LogP contribution in [-0.2, 0) is 16.1 Å². The number of amides is 2. The standard InChI is InChI=1S/C20H22N2O5/c1-27-13-14-10-16(20(25)26)12-17(11-14)22-18(23)8-5-9-21-19(24)15-6-3-2-4-7-15/h2-4,6-7,10-12H,5,8-9,13H2,1H3,(H,21,24)(H,22,23)(H,25,26). The van der Waals surface area contributed by atoms with Gasteiger partial charge in [0, 0.05) is 31.3 Å². The molecule has 0 atom stereocenters. The molecule has 27 heavy (non-hydrogen) atoms. The van der Waals surface area contributed by atoms with Gasteiger partial charge in [0.05, 0.1) is 12.2 Å². The second kappa shape index (κ2) is 10.1. The van der Waals surface area contributed by atoms with E-state index in [0.29, 0.717) is 29.8 Å².